The second kappa shape index (κ2) is 7.51. The van der Waals surface area contributed by atoms with Crippen molar-refractivity contribution >= 4 is 27.9 Å². The SMILES string of the molecule is C/C(=N/O[C@@H]1CCNC1)c1cnc2nnn(Cc3ccc4ncccc4c3)c2n1. The van der Waals surface area contributed by atoms with Gasteiger partial charge >= 0.3 is 0 Å². The van der Waals surface area contributed by atoms with E-state index < -0.39 is 0 Å². The van der Waals surface area contributed by atoms with Crippen LogP contribution in [0.15, 0.2) is 47.9 Å². The Labute approximate surface area is 166 Å². The Morgan fingerprint density at radius 3 is 3.17 bits per heavy atom. The molecule has 0 radical (unpaired) electrons. The summed E-state index contributed by atoms with van der Waals surface area (Å²) in [5, 5.41) is 16.9. The summed E-state index contributed by atoms with van der Waals surface area (Å²) >= 11 is 0. The van der Waals surface area contributed by atoms with Crippen LogP contribution in [0.3, 0.4) is 0 Å². The quantitative estimate of drug-likeness (QED) is 0.411. The third-order valence-electron chi connectivity index (χ3n) is 4.95. The van der Waals surface area contributed by atoms with E-state index in [1.54, 1.807) is 17.1 Å². The first-order valence-corrected chi connectivity index (χ1v) is 9.58. The lowest BCUT2D eigenvalue weighted by molar-refractivity contribution is 0.0735. The lowest BCUT2D eigenvalue weighted by Gasteiger charge is -2.07. The second-order valence-corrected chi connectivity index (χ2v) is 7.08. The molecule has 3 aromatic heterocycles. The number of nitrogens with zero attached hydrogens (tertiary/aromatic N) is 7. The molecule has 9 heteroatoms. The number of rotatable bonds is 5. The Morgan fingerprint density at radius 2 is 2.28 bits per heavy atom. The van der Waals surface area contributed by atoms with Crippen molar-refractivity contribution in [2.24, 2.45) is 5.16 Å². The standard InChI is InChI=1S/C20H20N8O/c1-13(26-29-16-6-8-21-10-16)18-11-23-19-20(24-18)28(27-25-19)12-14-4-5-17-15(9-14)3-2-7-22-17/h2-5,7,9,11,16,21H,6,8,10,12H2,1H3/b26-13-/t16-/m1/s1. The maximum Gasteiger partial charge on any atom is 0.221 e. The molecule has 0 unspecified atom stereocenters. The van der Waals surface area contributed by atoms with Gasteiger partial charge in [0.25, 0.3) is 0 Å². The lowest BCUT2D eigenvalue weighted by Crippen LogP contribution is -2.15. The fraction of sp³-hybridized carbons (Fsp3) is 0.300. The number of pyridine rings is 1. The Morgan fingerprint density at radius 1 is 1.31 bits per heavy atom. The zero-order valence-corrected chi connectivity index (χ0v) is 16.0. The molecule has 1 N–H and O–H groups in total. The highest BCUT2D eigenvalue weighted by atomic mass is 16.6. The normalized spacial score (nSPS) is 17.3. The van der Waals surface area contributed by atoms with Crippen molar-refractivity contribution in [2.45, 2.75) is 26.0 Å². The van der Waals surface area contributed by atoms with Crippen LogP contribution in [-0.2, 0) is 11.4 Å². The lowest BCUT2D eigenvalue weighted by atomic mass is 10.1. The van der Waals surface area contributed by atoms with E-state index in [2.05, 4.69) is 41.8 Å². The van der Waals surface area contributed by atoms with Gasteiger partial charge in [0, 0.05) is 24.5 Å². The molecule has 0 spiro atoms. The molecule has 1 aliphatic rings. The van der Waals surface area contributed by atoms with Crippen LogP contribution in [0.25, 0.3) is 22.2 Å². The molecule has 4 aromatic rings. The minimum absolute atomic E-state index is 0.108. The van der Waals surface area contributed by atoms with Crippen LogP contribution < -0.4 is 5.32 Å². The highest BCUT2D eigenvalue weighted by molar-refractivity contribution is 5.97. The number of hydrogen-bond donors (Lipinski definition) is 1. The average molecular weight is 388 g/mol. The topological polar surface area (TPSA) is 103 Å². The molecule has 146 valence electrons. The van der Waals surface area contributed by atoms with Crippen molar-refractivity contribution in [3.63, 3.8) is 0 Å². The van der Waals surface area contributed by atoms with Gasteiger partial charge < -0.3 is 10.2 Å². The highest BCUT2D eigenvalue weighted by Gasteiger charge is 2.16. The summed E-state index contributed by atoms with van der Waals surface area (Å²) in [6.07, 6.45) is 4.51. The molecule has 9 nitrogen and oxygen atoms in total. The van der Waals surface area contributed by atoms with Gasteiger partial charge in [0.15, 0.2) is 5.65 Å². The van der Waals surface area contributed by atoms with Crippen molar-refractivity contribution < 1.29 is 4.84 Å². The summed E-state index contributed by atoms with van der Waals surface area (Å²) in [6, 6.07) is 10.1. The first-order valence-electron chi connectivity index (χ1n) is 9.58. The fourth-order valence-electron chi connectivity index (χ4n) is 3.35. The van der Waals surface area contributed by atoms with Crippen LogP contribution in [0.2, 0.25) is 0 Å². The van der Waals surface area contributed by atoms with Crippen molar-refractivity contribution in [1.82, 2.24) is 35.3 Å². The first-order chi connectivity index (χ1) is 14.3. The van der Waals surface area contributed by atoms with Crippen molar-refractivity contribution in [3.05, 3.63) is 54.0 Å². The van der Waals surface area contributed by atoms with Gasteiger partial charge in [-0.25, -0.2) is 14.6 Å². The molecule has 1 saturated heterocycles. The number of benzene rings is 1. The fourth-order valence-corrected chi connectivity index (χ4v) is 3.35. The molecule has 4 heterocycles. The molecule has 5 rings (SSSR count). The van der Waals surface area contributed by atoms with E-state index in [0.717, 1.165) is 36.0 Å². The molecule has 1 fully saturated rings. The van der Waals surface area contributed by atoms with Gasteiger partial charge in [-0.2, -0.15) is 0 Å². The third kappa shape index (κ3) is 3.64. The van der Waals surface area contributed by atoms with Gasteiger partial charge in [-0.15, -0.1) is 5.10 Å². The number of fused-ring (bicyclic) bond motifs is 2. The Hall–Kier alpha value is -3.46. The van der Waals surface area contributed by atoms with E-state index in [9.17, 15) is 0 Å². The van der Waals surface area contributed by atoms with Gasteiger partial charge in [-0.1, -0.05) is 22.5 Å². The molecule has 0 aliphatic carbocycles. The van der Waals surface area contributed by atoms with Crippen molar-refractivity contribution in [3.8, 4) is 0 Å². The summed E-state index contributed by atoms with van der Waals surface area (Å²) in [5.41, 5.74) is 4.50. The van der Waals surface area contributed by atoms with E-state index in [0.29, 0.717) is 29.2 Å². The van der Waals surface area contributed by atoms with Gasteiger partial charge in [0.1, 0.15) is 17.5 Å². The molecular formula is C20H20N8O. The molecule has 1 atom stereocenters. The summed E-state index contributed by atoms with van der Waals surface area (Å²) in [7, 11) is 0. The number of hydrogen-bond acceptors (Lipinski definition) is 8. The van der Waals surface area contributed by atoms with Crippen LogP contribution in [-0.4, -0.2) is 54.9 Å². The smallest absolute Gasteiger partial charge is 0.221 e. The minimum Gasteiger partial charge on any atom is -0.391 e. The molecule has 29 heavy (non-hydrogen) atoms. The zero-order valence-electron chi connectivity index (χ0n) is 16.0. The number of oxime groups is 1. The monoisotopic (exact) mass is 388 g/mol. The molecule has 1 aliphatic heterocycles. The maximum atomic E-state index is 5.59. The Bertz CT molecular complexity index is 1200. The predicted octanol–water partition coefficient (Wildman–Crippen LogP) is 1.92. The number of aromatic nitrogens is 6. The predicted molar refractivity (Wildman–Crippen MR) is 109 cm³/mol. The molecular weight excluding hydrogens is 368 g/mol. The summed E-state index contributed by atoms with van der Waals surface area (Å²) in [5.74, 6) is 0. The third-order valence-corrected chi connectivity index (χ3v) is 4.95. The van der Waals surface area contributed by atoms with E-state index in [1.807, 2.05) is 31.2 Å². The molecule has 1 aromatic carbocycles. The van der Waals surface area contributed by atoms with Gasteiger partial charge in [-0.3, -0.25) is 4.98 Å². The van der Waals surface area contributed by atoms with Crippen molar-refractivity contribution in [1.29, 1.82) is 0 Å². The maximum absolute atomic E-state index is 5.59. The summed E-state index contributed by atoms with van der Waals surface area (Å²) in [4.78, 5) is 19.0. The van der Waals surface area contributed by atoms with Crippen LogP contribution in [0.4, 0.5) is 0 Å². The van der Waals surface area contributed by atoms with E-state index in [4.69, 9.17) is 4.84 Å². The summed E-state index contributed by atoms with van der Waals surface area (Å²) in [6.45, 7) is 4.18. The second-order valence-electron chi connectivity index (χ2n) is 7.08. The van der Waals surface area contributed by atoms with Crippen LogP contribution in [0, 0.1) is 0 Å². The molecule has 0 amide bonds. The van der Waals surface area contributed by atoms with Gasteiger partial charge in [0.2, 0.25) is 5.65 Å². The van der Waals surface area contributed by atoms with Gasteiger partial charge in [-0.05, 0) is 37.2 Å². The molecule has 0 saturated carbocycles. The highest BCUT2D eigenvalue weighted by Crippen LogP contribution is 2.16. The van der Waals surface area contributed by atoms with Crippen LogP contribution >= 0.6 is 0 Å². The van der Waals surface area contributed by atoms with Crippen LogP contribution in [0.1, 0.15) is 24.6 Å². The Kier molecular flexibility index (Phi) is 4.57. The Balaban J connectivity index is 1.41. The number of nitrogens with one attached hydrogen (secondary N) is 1. The summed E-state index contributed by atoms with van der Waals surface area (Å²) < 4.78 is 1.75. The molecule has 0 bridgehead atoms. The van der Waals surface area contributed by atoms with Crippen molar-refractivity contribution in [2.75, 3.05) is 13.1 Å². The average Bonchev–Trinajstić information content (AvgIpc) is 3.42. The largest absolute Gasteiger partial charge is 0.391 e. The van der Waals surface area contributed by atoms with Gasteiger partial charge in [0.05, 0.1) is 18.3 Å². The van der Waals surface area contributed by atoms with Crippen LogP contribution in [0.5, 0.6) is 0 Å². The zero-order chi connectivity index (χ0) is 19.6. The minimum atomic E-state index is 0.108. The first kappa shape index (κ1) is 17.6. The van der Waals surface area contributed by atoms with E-state index in [1.165, 1.54) is 0 Å². The van der Waals surface area contributed by atoms with E-state index >= 15 is 0 Å². The van der Waals surface area contributed by atoms with E-state index in [-0.39, 0.29) is 6.10 Å².